The molecule has 0 saturated heterocycles. The van der Waals surface area contributed by atoms with E-state index in [-0.39, 0.29) is 18.0 Å². The number of H-pyrrole nitrogens is 1. The van der Waals surface area contributed by atoms with E-state index in [1.807, 2.05) is 0 Å². The van der Waals surface area contributed by atoms with Crippen LogP contribution in [0, 0.1) is 0 Å². The molecule has 17 heavy (non-hydrogen) atoms. The minimum atomic E-state index is -2.82. The third-order valence-electron chi connectivity index (χ3n) is 2.05. The average Bonchev–Trinajstić information content (AvgIpc) is 2.23. The quantitative estimate of drug-likeness (QED) is 0.776. The second-order valence-corrected chi connectivity index (χ2v) is 3.27. The van der Waals surface area contributed by atoms with Gasteiger partial charge in [-0.15, -0.1) is 0 Å². The van der Waals surface area contributed by atoms with Crippen molar-refractivity contribution in [2.45, 2.75) is 19.8 Å². The van der Waals surface area contributed by atoms with Crippen LogP contribution < -0.4 is 11.3 Å². The van der Waals surface area contributed by atoms with Crippen molar-refractivity contribution in [3.05, 3.63) is 27.7 Å². The first-order valence-electron chi connectivity index (χ1n) is 4.91. The average molecular weight is 246 g/mol. The van der Waals surface area contributed by atoms with E-state index in [2.05, 4.69) is 9.72 Å². The molecule has 7 heteroatoms. The molecule has 0 radical (unpaired) electrons. The number of nitrogens with one attached hydrogen (secondary N) is 1. The van der Waals surface area contributed by atoms with Crippen LogP contribution in [0.1, 0.15) is 24.6 Å². The summed E-state index contributed by atoms with van der Waals surface area (Å²) in [6.07, 6.45) is -3.23. The van der Waals surface area contributed by atoms with Gasteiger partial charge >= 0.3 is 5.97 Å². The molecule has 0 aliphatic carbocycles. The highest BCUT2D eigenvalue weighted by atomic mass is 19.3. The number of nitrogen functional groups attached to an aromatic ring is 1. The van der Waals surface area contributed by atoms with Crippen LogP contribution in [0.2, 0.25) is 0 Å². The molecule has 1 heterocycles. The van der Waals surface area contributed by atoms with E-state index >= 15 is 0 Å². The van der Waals surface area contributed by atoms with Crippen molar-refractivity contribution in [2.75, 3.05) is 12.3 Å². The molecule has 0 amide bonds. The second kappa shape index (κ2) is 5.42. The molecule has 0 fully saturated rings. The van der Waals surface area contributed by atoms with Gasteiger partial charge in [-0.2, -0.15) is 0 Å². The number of ether oxygens (including phenoxy) is 1. The molecule has 0 aromatic carbocycles. The maximum atomic E-state index is 12.6. The van der Waals surface area contributed by atoms with E-state index in [0.29, 0.717) is 0 Å². The van der Waals surface area contributed by atoms with Gasteiger partial charge in [0.1, 0.15) is 0 Å². The topological polar surface area (TPSA) is 85.2 Å². The summed E-state index contributed by atoms with van der Waals surface area (Å²) in [6.45, 7) is 1.74. The molecule has 5 nitrogen and oxygen atoms in total. The Morgan fingerprint density at radius 2 is 2.24 bits per heavy atom. The zero-order valence-electron chi connectivity index (χ0n) is 9.13. The molecule has 0 spiro atoms. The number of halogens is 2. The van der Waals surface area contributed by atoms with Crippen LogP contribution in [0.5, 0.6) is 0 Å². The smallest absolute Gasteiger partial charge is 0.311 e. The lowest BCUT2D eigenvalue weighted by atomic mass is 10.1. The standard InChI is InChI=1S/C10H12F2N2O3/c1-2-17-8(15)4-7-5(9(11)12)3-6(13)10(16)14-7/h3,9H,2,4,13H2,1H3,(H,14,16). The van der Waals surface area contributed by atoms with Crippen molar-refractivity contribution < 1.29 is 18.3 Å². The summed E-state index contributed by atoms with van der Waals surface area (Å²) in [4.78, 5) is 24.5. The summed E-state index contributed by atoms with van der Waals surface area (Å²) in [7, 11) is 0. The minimum absolute atomic E-state index is 0.141. The van der Waals surface area contributed by atoms with E-state index in [1.54, 1.807) is 6.92 Å². The first-order chi connectivity index (χ1) is 7.95. The van der Waals surface area contributed by atoms with Gasteiger partial charge in [-0.25, -0.2) is 8.78 Å². The van der Waals surface area contributed by atoms with E-state index in [4.69, 9.17) is 5.73 Å². The number of carbonyl (C=O) groups is 1. The van der Waals surface area contributed by atoms with E-state index in [0.717, 1.165) is 6.07 Å². The Morgan fingerprint density at radius 1 is 1.59 bits per heavy atom. The number of aromatic nitrogens is 1. The summed E-state index contributed by atoms with van der Waals surface area (Å²) in [6, 6.07) is 0.873. The Kier molecular flexibility index (Phi) is 4.19. The van der Waals surface area contributed by atoms with Gasteiger partial charge in [-0.3, -0.25) is 9.59 Å². The molecule has 0 unspecified atom stereocenters. The van der Waals surface area contributed by atoms with Crippen molar-refractivity contribution in [2.24, 2.45) is 0 Å². The number of esters is 1. The first-order valence-corrected chi connectivity index (χ1v) is 4.91. The lowest BCUT2D eigenvalue weighted by molar-refractivity contribution is -0.142. The van der Waals surface area contributed by atoms with Gasteiger partial charge in [-0.1, -0.05) is 0 Å². The molecule has 3 N–H and O–H groups in total. The number of nitrogens with two attached hydrogens (primary N) is 1. The van der Waals surface area contributed by atoms with Crippen LogP contribution in [0.25, 0.3) is 0 Å². The monoisotopic (exact) mass is 246 g/mol. The van der Waals surface area contributed by atoms with E-state index in [1.165, 1.54) is 0 Å². The van der Waals surface area contributed by atoms with Gasteiger partial charge in [0.05, 0.1) is 18.7 Å². The van der Waals surface area contributed by atoms with Crippen molar-refractivity contribution >= 4 is 11.7 Å². The number of hydrogen-bond donors (Lipinski definition) is 2. The molecule has 0 aliphatic heterocycles. The number of carbonyl (C=O) groups excluding carboxylic acids is 1. The Bertz CT molecular complexity index is 471. The minimum Gasteiger partial charge on any atom is -0.466 e. The highest BCUT2D eigenvalue weighted by Gasteiger charge is 2.18. The van der Waals surface area contributed by atoms with Gasteiger partial charge in [0.2, 0.25) is 0 Å². The Balaban J connectivity index is 3.08. The molecule has 0 atom stereocenters. The van der Waals surface area contributed by atoms with Gasteiger partial charge in [-0.05, 0) is 13.0 Å². The summed E-state index contributed by atoms with van der Waals surface area (Å²) in [5.41, 5.74) is 3.58. The van der Waals surface area contributed by atoms with Crippen molar-refractivity contribution in [1.29, 1.82) is 0 Å². The predicted molar refractivity (Wildman–Crippen MR) is 56.8 cm³/mol. The molecular formula is C10H12F2N2O3. The number of aromatic amines is 1. The molecule has 0 saturated carbocycles. The fourth-order valence-corrected chi connectivity index (χ4v) is 1.30. The molecule has 1 aromatic rings. The van der Waals surface area contributed by atoms with Gasteiger partial charge < -0.3 is 15.5 Å². The Hall–Kier alpha value is -1.92. The van der Waals surface area contributed by atoms with E-state index in [9.17, 15) is 18.4 Å². The molecule has 0 bridgehead atoms. The fraction of sp³-hybridized carbons (Fsp3) is 0.400. The number of pyridine rings is 1. The molecule has 0 aliphatic rings. The number of hydrogen-bond acceptors (Lipinski definition) is 4. The van der Waals surface area contributed by atoms with Crippen molar-refractivity contribution in [1.82, 2.24) is 4.98 Å². The largest absolute Gasteiger partial charge is 0.466 e. The van der Waals surface area contributed by atoms with Crippen LogP contribution in [-0.2, 0) is 16.0 Å². The molecule has 1 aromatic heterocycles. The summed E-state index contributed by atoms with van der Waals surface area (Å²) in [5, 5.41) is 0. The van der Waals surface area contributed by atoms with Crippen LogP contribution in [0.3, 0.4) is 0 Å². The molecular weight excluding hydrogens is 234 g/mol. The third kappa shape index (κ3) is 3.27. The van der Waals surface area contributed by atoms with Gasteiger partial charge in [0.25, 0.3) is 12.0 Å². The van der Waals surface area contributed by atoms with Crippen molar-refractivity contribution in [3.8, 4) is 0 Å². The first kappa shape index (κ1) is 13.1. The lowest BCUT2D eigenvalue weighted by Crippen LogP contribution is -2.19. The van der Waals surface area contributed by atoms with Crippen LogP contribution in [0.4, 0.5) is 14.5 Å². The zero-order valence-corrected chi connectivity index (χ0v) is 9.13. The number of rotatable bonds is 4. The highest BCUT2D eigenvalue weighted by Crippen LogP contribution is 2.22. The Labute approximate surface area is 95.6 Å². The van der Waals surface area contributed by atoms with Crippen LogP contribution in [-0.4, -0.2) is 17.6 Å². The maximum Gasteiger partial charge on any atom is 0.311 e. The summed E-state index contributed by atoms with van der Waals surface area (Å²) >= 11 is 0. The van der Waals surface area contributed by atoms with E-state index < -0.39 is 29.9 Å². The van der Waals surface area contributed by atoms with Crippen LogP contribution >= 0.6 is 0 Å². The SMILES string of the molecule is CCOC(=O)Cc1[nH]c(=O)c(N)cc1C(F)F. The fourth-order valence-electron chi connectivity index (χ4n) is 1.30. The molecule has 94 valence electrons. The van der Waals surface area contributed by atoms with Crippen molar-refractivity contribution in [3.63, 3.8) is 0 Å². The predicted octanol–water partition coefficient (Wildman–Crippen LogP) is 1.00. The normalized spacial score (nSPS) is 10.6. The number of alkyl halides is 2. The highest BCUT2D eigenvalue weighted by molar-refractivity contribution is 5.72. The zero-order chi connectivity index (χ0) is 13.0. The third-order valence-corrected chi connectivity index (χ3v) is 2.05. The summed E-state index contributed by atoms with van der Waals surface area (Å²) < 4.78 is 29.9. The van der Waals surface area contributed by atoms with Crippen LogP contribution in [0.15, 0.2) is 10.9 Å². The molecule has 1 rings (SSSR count). The lowest BCUT2D eigenvalue weighted by Gasteiger charge is -2.08. The second-order valence-electron chi connectivity index (χ2n) is 3.27. The van der Waals surface area contributed by atoms with Gasteiger partial charge in [0.15, 0.2) is 0 Å². The number of anilines is 1. The maximum absolute atomic E-state index is 12.6. The Morgan fingerprint density at radius 3 is 2.76 bits per heavy atom. The summed E-state index contributed by atoms with van der Waals surface area (Å²) in [5.74, 6) is -0.685. The van der Waals surface area contributed by atoms with Gasteiger partial charge in [0, 0.05) is 11.3 Å².